The third-order valence-electron chi connectivity index (χ3n) is 2.25. The van der Waals surface area contributed by atoms with Gasteiger partial charge >= 0.3 is 0 Å². The Morgan fingerprint density at radius 3 is 2.73 bits per heavy atom. The maximum absolute atomic E-state index is 9.70. The fraction of sp³-hybridized carbons (Fsp3) is 0.273. The van der Waals surface area contributed by atoms with Crippen LogP contribution in [0.15, 0.2) is 30.5 Å². The molecule has 1 heterocycles. The number of para-hydroxylation sites is 2. The Kier molecular flexibility index (Phi) is 2.89. The smallest absolute Gasteiger partial charge is 0.0987 e. The minimum atomic E-state index is -0.618. The van der Waals surface area contributed by atoms with Crippen molar-refractivity contribution in [3.63, 3.8) is 0 Å². The lowest BCUT2D eigenvalue weighted by Gasteiger charge is -2.08. The molecular formula is C11H13N3O. The van der Waals surface area contributed by atoms with Crippen molar-refractivity contribution in [1.29, 1.82) is 0 Å². The summed E-state index contributed by atoms with van der Waals surface area (Å²) in [5.74, 6) is 0. The maximum atomic E-state index is 9.70. The molecule has 0 fully saturated rings. The van der Waals surface area contributed by atoms with Crippen LogP contribution in [-0.2, 0) is 0 Å². The van der Waals surface area contributed by atoms with Gasteiger partial charge in [0.05, 0.1) is 29.0 Å². The van der Waals surface area contributed by atoms with Crippen LogP contribution in [0, 0.1) is 0 Å². The van der Waals surface area contributed by atoms with Gasteiger partial charge in [0.25, 0.3) is 0 Å². The normalized spacial score (nSPS) is 12.9. The number of nitrogens with two attached hydrogens (primary N) is 1. The van der Waals surface area contributed by atoms with Crippen molar-refractivity contribution in [3.8, 4) is 0 Å². The highest BCUT2D eigenvalue weighted by atomic mass is 16.3. The van der Waals surface area contributed by atoms with Gasteiger partial charge in [0, 0.05) is 0 Å². The van der Waals surface area contributed by atoms with E-state index < -0.39 is 6.10 Å². The summed E-state index contributed by atoms with van der Waals surface area (Å²) >= 11 is 0. The molecule has 2 rings (SSSR count). The standard InChI is InChI=1S/C11H13N3O/c12-6-5-11(15)10-7-13-8-3-1-2-4-9(8)14-10/h1-4,7,11,15H,5-6,12H2/t11-/m0/s1. The molecule has 1 aromatic heterocycles. The molecule has 1 aromatic carbocycles. The molecule has 1 atom stereocenters. The van der Waals surface area contributed by atoms with Crippen LogP contribution in [0.25, 0.3) is 11.0 Å². The van der Waals surface area contributed by atoms with Gasteiger partial charge in [-0.15, -0.1) is 0 Å². The predicted octanol–water partition coefficient (Wildman–Crippen LogP) is 1.01. The van der Waals surface area contributed by atoms with Crippen molar-refractivity contribution in [2.75, 3.05) is 6.54 Å². The molecule has 78 valence electrons. The molecule has 0 aliphatic rings. The van der Waals surface area contributed by atoms with Crippen molar-refractivity contribution >= 4 is 11.0 Å². The zero-order valence-electron chi connectivity index (χ0n) is 8.30. The second kappa shape index (κ2) is 4.33. The fourth-order valence-electron chi connectivity index (χ4n) is 1.44. The van der Waals surface area contributed by atoms with Gasteiger partial charge in [-0.2, -0.15) is 0 Å². The monoisotopic (exact) mass is 203 g/mol. The lowest BCUT2D eigenvalue weighted by atomic mass is 10.2. The lowest BCUT2D eigenvalue weighted by Crippen LogP contribution is -2.08. The quantitative estimate of drug-likeness (QED) is 0.781. The SMILES string of the molecule is NCC[C@H](O)c1cnc2ccccc2n1. The number of hydrogen-bond acceptors (Lipinski definition) is 4. The number of hydrogen-bond donors (Lipinski definition) is 2. The van der Waals surface area contributed by atoms with Gasteiger partial charge in [-0.3, -0.25) is 4.98 Å². The van der Waals surface area contributed by atoms with E-state index in [-0.39, 0.29) is 0 Å². The number of fused-ring (bicyclic) bond motifs is 1. The zero-order chi connectivity index (χ0) is 10.7. The highest BCUT2D eigenvalue weighted by Crippen LogP contribution is 2.15. The van der Waals surface area contributed by atoms with Crippen molar-refractivity contribution < 1.29 is 5.11 Å². The Bertz CT molecular complexity index is 458. The van der Waals surface area contributed by atoms with Crippen molar-refractivity contribution in [2.24, 2.45) is 5.73 Å². The Hall–Kier alpha value is -1.52. The highest BCUT2D eigenvalue weighted by Gasteiger charge is 2.08. The molecule has 0 unspecified atom stereocenters. The molecule has 3 N–H and O–H groups in total. The Morgan fingerprint density at radius 1 is 1.27 bits per heavy atom. The molecule has 0 radical (unpaired) electrons. The molecule has 0 bridgehead atoms. The van der Waals surface area contributed by atoms with E-state index in [4.69, 9.17) is 5.73 Å². The number of aliphatic hydroxyl groups excluding tert-OH is 1. The van der Waals surface area contributed by atoms with Crippen LogP contribution in [0.1, 0.15) is 18.2 Å². The van der Waals surface area contributed by atoms with Crippen LogP contribution in [0.2, 0.25) is 0 Å². The van der Waals surface area contributed by atoms with E-state index in [1.165, 1.54) is 0 Å². The van der Waals surface area contributed by atoms with Gasteiger partial charge in [0.15, 0.2) is 0 Å². The second-order valence-electron chi connectivity index (χ2n) is 3.38. The van der Waals surface area contributed by atoms with E-state index in [2.05, 4.69) is 9.97 Å². The summed E-state index contributed by atoms with van der Waals surface area (Å²) in [6, 6.07) is 7.57. The number of rotatable bonds is 3. The van der Waals surface area contributed by atoms with Crippen LogP contribution in [-0.4, -0.2) is 21.6 Å². The number of aliphatic hydroxyl groups is 1. The average molecular weight is 203 g/mol. The van der Waals surface area contributed by atoms with Crippen molar-refractivity contribution in [3.05, 3.63) is 36.2 Å². The molecular weight excluding hydrogens is 190 g/mol. The van der Waals surface area contributed by atoms with E-state index in [9.17, 15) is 5.11 Å². The summed E-state index contributed by atoms with van der Waals surface area (Å²) in [6.45, 7) is 0.440. The van der Waals surface area contributed by atoms with Gasteiger partial charge in [-0.1, -0.05) is 12.1 Å². The second-order valence-corrected chi connectivity index (χ2v) is 3.38. The molecule has 15 heavy (non-hydrogen) atoms. The fourth-order valence-corrected chi connectivity index (χ4v) is 1.44. The number of nitrogens with zero attached hydrogens (tertiary/aromatic N) is 2. The molecule has 0 saturated heterocycles. The van der Waals surface area contributed by atoms with E-state index >= 15 is 0 Å². The average Bonchev–Trinajstić information content (AvgIpc) is 2.29. The first-order chi connectivity index (χ1) is 7.31. The molecule has 2 aromatic rings. The third kappa shape index (κ3) is 2.11. The van der Waals surface area contributed by atoms with Crippen LogP contribution in [0.4, 0.5) is 0 Å². The van der Waals surface area contributed by atoms with Crippen LogP contribution >= 0.6 is 0 Å². The molecule has 0 aliphatic heterocycles. The molecule has 0 spiro atoms. The van der Waals surface area contributed by atoms with Gasteiger partial charge in [0.2, 0.25) is 0 Å². The van der Waals surface area contributed by atoms with Gasteiger partial charge in [0.1, 0.15) is 0 Å². The van der Waals surface area contributed by atoms with E-state index in [1.54, 1.807) is 6.20 Å². The highest BCUT2D eigenvalue weighted by molar-refractivity contribution is 5.73. The number of aromatic nitrogens is 2. The Balaban J connectivity index is 2.38. The summed E-state index contributed by atoms with van der Waals surface area (Å²) in [5.41, 5.74) is 7.59. The topological polar surface area (TPSA) is 72.0 Å². The van der Waals surface area contributed by atoms with E-state index in [1.807, 2.05) is 24.3 Å². The lowest BCUT2D eigenvalue weighted by molar-refractivity contribution is 0.165. The Labute approximate surface area is 87.8 Å². The summed E-state index contributed by atoms with van der Waals surface area (Å²) in [4.78, 5) is 8.55. The summed E-state index contributed by atoms with van der Waals surface area (Å²) < 4.78 is 0. The summed E-state index contributed by atoms with van der Waals surface area (Å²) in [7, 11) is 0. The van der Waals surface area contributed by atoms with Gasteiger partial charge in [-0.05, 0) is 25.1 Å². The third-order valence-corrected chi connectivity index (χ3v) is 2.25. The molecule has 0 saturated carbocycles. The minimum Gasteiger partial charge on any atom is -0.387 e. The van der Waals surface area contributed by atoms with Crippen LogP contribution < -0.4 is 5.73 Å². The molecule has 0 aliphatic carbocycles. The first-order valence-electron chi connectivity index (χ1n) is 4.91. The summed E-state index contributed by atoms with van der Waals surface area (Å²) in [6.07, 6.45) is 1.49. The van der Waals surface area contributed by atoms with Gasteiger partial charge < -0.3 is 10.8 Å². The van der Waals surface area contributed by atoms with E-state index in [0.29, 0.717) is 18.7 Å². The van der Waals surface area contributed by atoms with Crippen LogP contribution in [0.3, 0.4) is 0 Å². The van der Waals surface area contributed by atoms with Crippen molar-refractivity contribution in [1.82, 2.24) is 9.97 Å². The zero-order valence-corrected chi connectivity index (χ0v) is 8.30. The molecule has 4 nitrogen and oxygen atoms in total. The number of benzene rings is 1. The minimum absolute atomic E-state index is 0.440. The van der Waals surface area contributed by atoms with Crippen LogP contribution in [0.5, 0.6) is 0 Å². The molecule has 4 heteroatoms. The first-order valence-corrected chi connectivity index (χ1v) is 4.91. The largest absolute Gasteiger partial charge is 0.387 e. The van der Waals surface area contributed by atoms with Gasteiger partial charge in [-0.25, -0.2) is 4.98 Å². The maximum Gasteiger partial charge on any atom is 0.0987 e. The van der Waals surface area contributed by atoms with E-state index in [0.717, 1.165) is 11.0 Å². The predicted molar refractivity (Wildman–Crippen MR) is 58.2 cm³/mol. The van der Waals surface area contributed by atoms with Crippen molar-refractivity contribution in [2.45, 2.75) is 12.5 Å². The first kappa shape index (κ1) is 10.0. The Morgan fingerprint density at radius 2 is 2.00 bits per heavy atom. The molecule has 0 amide bonds. The summed E-state index contributed by atoms with van der Waals surface area (Å²) in [5, 5.41) is 9.70.